The molecule has 0 amide bonds. The third-order valence-corrected chi connectivity index (χ3v) is 2.62. The molecule has 1 aromatic rings. The highest BCUT2D eigenvalue weighted by atomic mass is 16.5. The molecule has 1 aliphatic heterocycles. The van der Waals surface area contributed by atoms with Gasteiger partial charge in [0.1, 0.15) is 11.9 Å². The van der Waals surface area contributed by atoms with Crippen molar-refractivity contribution < 1.29 is 4.74 Å². The average Bonchev–Trinajstić information content (AvgIpc) is 2.13. The minimum Gasteiger partial charge on any atom is -0.487 e. The van der Waals surface area contributed by atoms with E-state index in [9.17, 15) is 0 Å². The fourth-order valence-electron chi connectivity index (χ4n) is 1.71. The standard InChI is InChI=1S/C12H14N2O/c1-8-3-10(5-13)4-9(2)12(8)15-11-6-14-7-11/h3-4,11,14H,6-7H2,1-2H3. The van der Waals surface area contributed by atoms with Gasteiger partial charge in [0.2, 0.25) is 0 Å². The van der Waals surface area contributed by atoms with E-state index in [0.717, 1.165) is 30.0 Å². The van der Waals surface area contributed by atoms with Crippen molar-refractivity contribution in [1.82, 2.24) is 5.32 Å². The lowest BCUT2D eigenvalue weighted by Gasteiger charge is -2.29. The Morgan fingerprint density at radius 2 is 1.93 bits per heavy atom. The SMILES string of the molecule is Cc1cc(C#N)cc(C)c1OC1CNC1. The topological polar surface area (TPSA) is 45.0 Å². The zero-order valence-electron chi connectivity index (χ0n) is 9.00. The van der Waals surface area contributed by atoms with Gasteiger partial charge >= 0.3 is 0 Å². The van der Waals surface area contributed by atoms with Crippen molar-refractivity contribution in [3.8, 4) is 11.8 Å². The van der Waals surface area contributed by atoms with E-state index in [-0.39, 0.29) is 6.10 Å². The molecule has 1 fully saturated rings. The molecule has 0 saturated carbocycles. The highest BCUT2D eigenvalue weighted by Gasteiger charge is 2.20. The summed E-state index contributed by atoms with van der Waals surface area (Å²) >= 11 is 0. The van der Waals surface area contributed by atoms with Gasteiger partial charge < -0.3 is 10.1 Å². The molecule has 1 saturated heterocycles. The van der Waals surface area contributed by atoms with Crippen LogP contribution >= 0.6 is 0 Å². The first-order valence-corrected chi connectivity index (χ1v) is 5.09. The van der Waals surface area contributed by atoms with Crippen LogP contribution in [-0.4, -0.2) is 19.2 Å². The van der Waals surface area contributed by atoms with Crippen molar-refractivity contribution in [2.75, 3.05) is 13.1 Å². The second kappa shape index (κ2) is 3.92. The molecule has 1 aromatic carbocycles. The van der Waals surface area contributed by atoms with E-state index >= 15 is 0 Å². The summed E-state index contributed by atoms with van der Waals surface area (Å²) in [4.78, 5) is 0. The van der Waals surface area contributed by atoms with Crippen molar-refractivity contribution in [2.45, 2.75) is 20.0 Å². The first kappa shape index (κ1) is 10.0. The highest BCUT2D eigenvalue weighted by Crippen LogP contribution is 2.26. The van der Waals surface area contributed by atoms with Gasteiger partial charge in [-0.25, -0.2) is 0 Å². The monoisotopic (exact) mass is 202 g/mol. The third kappa shape index (κ3) is 1.95. The molecular formula is C12H14N2O. The maximum Gasteiger partial charge on any atom is 0.125 e. The van der Waals surface area contributed by atoms with Gasteiger partial charge in [0.15, 0.2) is 0 Å². The van der Waals surface area contributed by atoms with Crippen molar-refractivity contribution in [2.24, 2.45) is 0 Å². The molecule has 0 atom stereocenters. The fourth-order valence-corrected chi connectivity index (χ4v) is 1.71. The zero-order chi connectivity index (χ0) is 10.8. The molecule has 0 aromatic heterocycles. The Bertz CT molecular complexity index is 393. The Hall–Kier alpha value is -1.53. The lowest BCUT2D eigenvalue weighted by Crippen LogP contribution is -2.50. The van der Waals surface area contributed by atoms with Crippen LogP contribution in [0.15, 0.2) is 12.1 Å². The number of nitriles is 1. The summed E-state index contributed by atoms with van der Waals surface area (Å²) in [5.74, 6) is 0.931. The maximum atomic E-state index is 8.82. The highest BCUT2D eigenvalue weighted by molar-refractivity contribution is 5.47. The van der Waals surface area contributed by atoms with Crippen LogP contribution in [0.2, 0.25) is 0 Å². The van der Waals surface area contributed by atoms with Gasteiger partial charge in [-0.05, 0) is 37.1 Å². The van der Waals surface area contributed by atoms with Crippen molar-refractivity contribution in [3.63, 3.8) is 0 Å². The predicted molar refractivity (Wildman–Crippen MR) is 57.9 cm³/mol. The largest absolute Gasteiger partial charge is 0.487 e. The van der Waals surface area contributed by atoms with Gasteiger partial charge in [-0.3, -0.25) is 0 Å². The molecule has 0 spiro atoms. The Balaban J connectivity index is 2.26. The summed E-state index contributed by atoms with van der Waals surface area (Å²) in [6.07, 6.45) is 0.287. The zero-order valence-corrected chi connectivity index (χ0v) is 9.00. The molecule has 0 radical (unpaired) electrons. The van der Waals surface area contributed by atoms with Crippen LogP contribution in [-0.2, 0) is 0 Å². The van der Waals surface area contributed by atoms with E-state index in [1.165, 1.54) is 0 Å². The van der Waals surface area contributed by atoms with Crippen LogP contribution in [0, 0.1) is 25.2 Å². The summed E-state index contributed by atoms with van der Waals surface area (Å²) in [5, 5.41) is 12.0. The average molecular weight is 202 g/mol. The van der Waals surface area contributed by atoms with Crippen LogP contribution in [0.4, 0.5) is 0 Å². The van der Waals surface area contributed by atoms with Crippen LogP contribution in [0.25, 0.3) is 0 Å². The molecule has 0 unspecified atom stereocenters. The number of nitrogens with zero attached hydrogens (tertiary/aromatic N) is 1. The normalized spacial score (nSPS) is 15.5. The molecule has 1 heterocycles. The number of aryl methyl sites for hydroxylation is 2. The Morgan fingerprint density at radius 1 is 1.33 bits per heavy atom. The van der Waals surface area contributed by atoms with E-state index in [0.29, 0.717) is 5.56 Å². The van der Waals surface area contributed by atoms with Crippen LogP contribution in [0.1, 0.15) is 16.7 Å². The van der Waals surface area contributed by atoms with E-state index < -0.39 is 0 Å². The summed E-state index contributed by atoms with van der Waals surface area (Å²) < 4.78 is 5.84. The van der Waals surface area contributed by atoms with Crippen LogP contribution < -0.4 is 10.1 Å². The van der Waals surface area contributed by atoms with Crippen molar-refractivity contribution in [3.05, 3.63) is 28.8 Å². The number of hydrogen-bond acceptors (Lipinski definition) is 3. The number of rotatable bonds is 2. The third-order valence-electron chi connectivity index (χ3n) is 2.62. The molecule has 78 valence electrons. The molecule has 0 bridgehead atoms. The first-order valence-electron chi connectivity index (χ1n) is 5.09. The maximum absolute atomic E-state index is 8.82. The van der Waals surface area contributed by atoms with Gasteiger partial charge in [0.25, 0.3) is 0 Å². The summed E-state index contributed by atoms with van der Waals surface area (Å²) in [6.45, 7) is 5.79. The lowest BCUT2D eigenvalue weighted by atomic mass is 10.1. The van der Waals surface area contributed by atoms with Gasteiger partial charge in [0, 0.05) is 13.1 Å². The molecule has 1 N–H and O–H groups in total. The number of benzene rings is 1. The number of hydrogen-bond donors (Lipinski definition) is 1. The minimum atomic E-state index is 0.287. The molecule has 3 nitrogen and oxygen atoms in total. The van der Waals surface area contributed by atoms with E-state index in [4.69, 9.17) is 10.00 Å². The van der Waals surface area contributed by atoms with E-state index in [1.54, 1.807) is 0 Å². The molecular weight excluding hydrogens is 188 g/mol. The van der Waals surface area contributed by atoms with E-state index in [2.05, 4.69) is 11.4 Å². The Morgan fingerprint density at radius 3 is 2.33 bits per heavy atom. The van der Waals surface area contributed by atoms with E-state index in [1.807, 2.05) is 26.0 Å². The van der Waals surface area contributed by atoms with Crippen LogP contribution in [0.3, 0.4) is 0 Å². The fraction of sp³-hybridized carbons (Fsp3) is 0.417. The summed E-state index contributed by atoms with van der Waals surface area (Å²) in [6, 6.07) is 5.89. The molecule has 0 aliphatic carbocycles. The number of nitrogens with one attached hydrogen (secondary N) is 1. The molecule has 2 rings (SSSR count). The van der Waals surface area contributed by atoms with Gasteiger partial charge in [-0.1, -0.05) is 0 Å². The van der Waals surface area contributed by atoms with Gasteiger partial charge in [0.05, 0.1) is 11.6 Å². The smallest absolute Gasteiger partial charge is 0.125 e. The Labute approximate surface area is 89.7 Å². The van der Waals surface area contributed by atoms with Crippen molar-refractivity contribution in [1.29, 1.82) is 5.26 Å². The Kier molecular flexibility index (Phi) is 2.61. The van der Waals surface area contributed by atoms with Gasteiger partial charge in [-0.15, -0.1) is 0 Å². The summed E-state index contributed by atoms with van der Waals surface area (Å²) in [5.41, 5.74) is 2.78. The lowest BCUT2D eigenvalue weighted by molar-refractivity contribution is 0.140. The first-order chi connectivity index (χ1) is 7.20. The van der Waals surface area contributed by atoms with Gasteiger partial charge in [-0.2, -0.15) is 5.26 Å². The second-order valence-electron chi connectivity index (χ2n) is 3.95. The quantitative estimate of drug-likeness (QED) is 0.791. The predicted octanol–water partition coefficient (Wildman–Crippen LogP) is 1.53. The summed E-state index contributed by atoms with van der Waals surface area (Å²) in [7, 11) is 0. The molecule has 3 heteroatoms. The molecule has 15 heavy (non-hydrogen) atoms. The van der Waals surface area contributed by atoms with Crippen molar-refractivity contribution >= 4 is 0 Å². The molecule has 1 aliphatic rings. The minimum absolute atomic E-state index is 0.287. The number of ether oxygens (including phenoxy) is 1. The van der Waals surface area contributed by atoms with Crippen LogP contribution in [0.5, 0.6) is 5.75 Å². The second-order valence-corrected chi connectivity index (χ2v) is 3.95.